The number of rotatable bonds is 3. The van der Waals surface area contributed by atoms with E-state index in [9.17, 15) is 4.79 Å². The van der Waals surface area contributed by atoms with Gasteiger partial charge in [-0.15, -0.1) is 0 Å². The van der Waals surface area contributed by atoms with Crippen LogP contribution in [0.25, 0.3) is 0 Å². The predicted octanol–water partition coefficient (Wildman–Crippen LogP) is 1.10. The number of allylic oxidation sites excluding steroid dienone is 1. The average Bonchev–Trinajstić information content (AvgIpc) is 1.90. The van der Waals surface area contributed by atoms with Crippen LogP contribution in [0.3, 0.4) is 0 Å². The topological polar surface area (TPSA) is 63.3 Å². The van der Waals surface area contributed by atoms with Gasteiger partial charge in [0.1, 0.15) is 5.70 Å². The minimum Gasteiger partial charge on any atom is -0.477 e. The molecule has 0 rings (SSSR count). The zero-order valence-corrected chi connectivity index (χ0v) is 6.35. The number of carboxylic acid groups (broad SMARTS) is 1. The van der Waals surface area contributed by atoms with Crippen molar-refractivity contribution in [1.29, 1.82) is 0 Å². The predicted molar refractivity (Wildman–Crippen MR) is 39.4 cm³/mol. The molecule has 0 aliphatic heterocycles. The summed E-state index contributed by atoms with van der Waals surface area (Å²) in [6, 6.07) is 0. The van der Waals surface area contributed by atoms with Crippen LogP contribution in [-0.4, -0.2) is 11.1 Å². The minimum atomic E-state index is -1.02. The van der Waals surface area contributed by atoms with E-state index in [0.717, 1.165) is 5.57 Å². The van der Waals surface area contributed by atoms with Gasteiger partial charge in [0.2, 0.25) is 0 Å². The molecule has 0 aromatic rings. The fraction of sp³-hybridized carbons (Fsp3) is 0.571. The van der Waals surface area contributed by atoms with Crippen molar-refractivity contribution in [2.75, 3.05) is 0 Å². The quantitative estimate of drug-likeness (QED) is 0.581. The molecule has 0 aliphatic carbocycles. The van der Waals surface area contributed by atoms with E-state index < -0.39 is 5.97 Å². The van der Waals surface area contributed by atoms with Crippen LogP contribution in [0.2, 0.25) is 0 Å². The molecule has 58 valence electrons. The summed E-state index contributed by atoms with van der Waals surface area (Å²) in [5, 5.41) is 8.43. The Bertz CT molecular complexity index is 155. The van der Waals surface area contributed by atoms with Gasteiger partial charge in [-0.3, -0.25) is 0 Å². The lowest BCUT2D eigenvalue weighted by Gasteiger charge is -2.01. The molecule has 3 N–H and O–H groups in total. The van der Waals surface area contributed by atoms with Gasteiger partial charge in [-0.1, -0.05) is 13.8 Å². The highest BCUT2D eigenvalue weighted by atomic mass is 16.4. The Morgan fingerprint density at radius 3 is 1.90 bits per heavy atom. The molecule has 0 aromatic carbocycles. The standard InChI is InChI=1S/C7H13NO2/c1-3-5(4-2)6(8)7(9)10/h3-4,8H2,1-2H3,(H,9,10). The number of hydrogen-bond donors (Lipinski definition) is 2. The van der Waals surface area contributed by atoms with Gasteiger partial charge in [0.25, 0.3) is 0 Å². The van der Waals surface area contributed by atoms with Crippen molar-refractivity contribution in [3.8, 4) is 0 Å². The molecular weight excluding hydrogens is 130 g/mol. The van der Waals surface area contributed by atoms with E-state index in [-0.39, 0.29) is 5.70 Å². The first-order valence-electron chi connectivity index (χ1n) is 3.34. The second kappa shape index (κ2) is 3.93. The molecule has 0 aliphatic rings. The van der Waals surface area contributed by atoms with Crippen LogP contribution in [0.4, 0.5) is 0 Å². The van der Waals surface area contributed by atoms with Crippen molar-refractivity contribution >= 4 is 5.97 Å². The van der Waals surface area contributed by atoms with Gasteiger partial charge < -0.3 is 10.8 Å². The van der Waals surface area contributed by atoms with Crippen molar-refractivity contribution < 1.29 is 9.90 Å². The molecule has 0 atom stereocenters. The fourth-order valence-corrected chi connectivity index (χ4v) is 0.782. The largest absolute Gasteiger partial charge is 0.477 e. The van der Waals surface area contributed by atoms with Gasteiger partial charge in [-0.05, 0) is 18.4 Å². The molecule has 0 fully saturated rings. The first-order chi connectivity index (χ1) is 4.63. The van der Waals surface area contributed by atoms with E-state index in [1.54, 1.807) is 0 Å². The lowest BCUT2D eigenvalue weighted by molar-refractivity contribution is -0.132. The Labute approximate surface area is 60.5 Å². The molecule has 0 radical (unpaired) electrons. The molecule has 0 saturated carbocycles. The summed E-state index contributed by atoms with van der Waals surface area (Å²) in [6.07, 6.45) is 1.43. The van der Waals surface area contributed by atoms with Gasteiger partial charge in [-0.25, -0.2) is 4.79 Å². The zero-order chi connectivity index (χ0) is 8.15. The van der Waals surface area contributed by atoms with Crippen molar-refractivity contribution in [3.63, 3.8) is 0 Å². The summed E-state index contributed by atoms with van der Waals surface area (Å²) in [5.41, 5.74) is 6.08. The number of carbonyl (C=O) groups is 1. The summed E-state index contributed by atoms with van der Waals surface area (Å²) in [5.74, 6) is -1.02. The third-order valence-corrected chi connectivity index (χ3v) is 1.46. The van der Waals surface area contributed by atoms with E-state index in [0.29, 0.717) is 12.8 Å². The maximum atomic E-state index is 10.3. The second-order valence-electron chi connectivity index (χ2n) is 2.03. The van der Waals surface area contributed by atoms with Gasteiger partial charge >= 0.3 is 5.97 Å². The summed E-state index contributed by atoms with van der Waals surface area (Å²) in [6.45, 7) is 3.79. The average molecular weight is 143 g/mol. The highest BCUT2D eigenvalue weighted by Crippen LogP contribution is 2.08. The Morgan fingerprint density at radius 2 is 1.80 bits per heavy atom. The third-order valence-electron chi connectivity index (χ3n) is 1.46. The number of hydrogen-bond acceptors (Lipinski definition) is 2. The summed E-state index contributed by atoms with van der Waals surface area (Å²) >= 11 is 0. The number of aliphatic carboxylic acids is 1. The fourth-order valence-electron chi connectivity index (χ4n) is 0.782. The smallest absolute Gasteiger partial charge is 0.351 e. The first kappa shape index (κ1) is 9.01. The summed E-state index contributed by atoms with van der Waals surface area (Å²) in [4.78, 5) is 10.3. The molecule has 0 saturated heterocycles. The van der Waals surface area contributed by atoms with Crippen molar-refractivity contribution in [2.45, 2.75) is 26.7 Å². The van der Waals surface area contributed by atoms with Crippen LogP contribution < -0.4 is 5.73 Å². The molecule has 3 nitrogen and oxygen atoms in total. The van der Waals surface area contributed by atoms with Crippen LogP contribution in [0.1, 0.15) is 26.7 Å². The maximum absolute atomic E-state index is 10.3. The Hall–Kier alpha value is -0.990. The molecule has 0 aromatic heterocycles. The van der Waals surface area contributed by atoms with Crippen molar-refractivity contribution in [3.05, 3.63) is 11.3 Å². The zero-order valence-electron chi connectivity index (χ0n) is 6.35. The summed E-state index contributed by atoms with van der Waals surface area (Å²) < 4.78 is 0. The lowest BCUT2D eigenvalue weighted by Crippen LogP contribution is -2.12. The van der Waals surface area contributed by atoms with Crippen LogP contribution in [0.15, 0.2) is 11.3 Å². The van der Waals surface area contributed by atoms with Crippen LogP contribution in [0.5, 0.6) is 0 Å². The highest BCUT2D eigenvalue weighted by Gasteiger charge is 2.05. The van der Waals surface area contributed by atoms with Gasteiger partial charge in [0.05, 0.1) is 0 Å². The molecule has 0 spiro atoms. The molecule has 10 heavy (non-hydrogen) atoms. The van der Waals surface area contributed by atoms with Crippen molar-refractivity contribution in [2.24, 2.45) is 5.73 Å². The number of carboxylic acids is 1. The highest BCUT2D eigenvalue weighted by molar-refractivity contribution is 5.86. The molecule has 0 heterocycles. The normalized spacial score (nSPS) is 9.00. The number of nitrogens with two attached hydrogens (primary N) is 1. The Balaban J connectivity index is 4.43. The first-order valence-corrected chi connectivity index (χ1v) is 3.34. The van der Waals surface area contributed by atoms with E-state index in [2.05, 4.69) is 0 Å². The molecular formula is C7H13NO2. The monoisotopic (exact) mass is 143 g/mol. The SMILES string of the molecule is CCC(CC)=C(N)C(=O)O. The van der Waals surface area contributed by atoms with E-state index >= 15 is 0 Å². The van der Waals surface area contributed by atoms with Crippen LogP contribution >= 0.6 is 0 Å². The van der Waals surface area contributed by atoms with E-state index in [1.807, 2.05) is 13.8 Å². The summed E-state index contributed by atoms with van der Waals surface area (Å²) in [7, 11) is 0. The third kappa shape index (κ3) is 2.09. The van der Waals surface area contributed by atoms with E-state index in [4.69, 9.17) is 10.8 Å². The molecule has 3 heteroatoms. The van der Waals surface area contributed by atoms with Gasteiger partial charge in [-0.2, -0.15) is 0 Å². The Morgan fingerprint density at radius 1 is 1.40 bits per heavy atom. The lowest BCUT2D eigenvalue weighted by atomic mass is 10.1. The van der Waals surface area contributed by atoms with Crippen molar-refractivity contribution in [1.82, 2.24) is 0 Å². The van der Waals surface area contributed by atoms with Gasteiger partial charge in [0, 0.05) is 0 Å². The molecule has 0 unspecified atom stereocenters. The Kier molecular flexibility index (Phi) is 3.54. The van der Waals surface area contributed by atoms with Gasteiger partial charge in [0.15, 0.2) is 0 Å². The second-order valence-corrected chi connectivity index (χ2v) is 2.03. The maximum Gasteiger partial charge on any atom is 0.351 e. The van der Waals surface area contributed by atoms with E-state index in [1.165, 1.54) is 0 Å². The van der Waals surface area contributed by atoms with Crippen LogP contribution in [-0.2, 0) is 4.79 Å². The van der Waals surface area contributed by atoms with Crippen LogP contribution in [0, 0.1) is 0 Å². The minimum absolute atomic E-state index is 0.00463. The molecule has 0 bridgehead atoms. The molecule has 0 amide bonds.